The first-order chi connectivity index (χ1) is 13.1. The van der Waals surface area contributed by atoms with Crippen LogP contribution in [0, 0.1) is 0 Å². The van der Waals surface area contributed by atoms with Crippen LogP contribution in [-0.4, -0.2) is 39.2 Å². The van der Waals surface area contributed by atoms with Gasteiger partial charge >= 0.3 is 0 Å². The van der Waals surface area contributed by atoms with Crippen molar-refractivity contribution in [2.45, 2.75) is 32.0 Å². The van der Waals surface area contributed by atoms with Crippen LogP contribution in [0.1, 0.15) is 29.8 Å². The van der Waals surface area contributed by atoms with E-state index in [0.29, 0.717) is 13.0 Å². The van der Waals surface area contributed by atoms with Gasteiger partial charge in [-0.2, -0.15) is 0 Å². The van der Waals surface area contributed by atoms with Crippen molar-refractivity contribution in [3.63, 3.8) is 0 Å². The number of carbonyl (C=O) groups is 2. The summed E-state index contributed by atoms with van der Waals surface area (Å²) in [5, 5.41) is 1.15. The maximum atomic E-state index is 13.2. The molecule has 27 heavy (non-hydrogen) atoms. The zero-order chi connectivity index (χ0) is 18.5. The molecule has 1 N–H and O–H groups in total. The highest BCUT2D eigenvalue weighted by Gasteiger charge is 2.46. The summed E-state index contributed by atoms with van der Waals surface area (Å²) in [4.78, 5) is 33.1. The quantitative estimate of drug-likeness (QED) is 0.765. The summed E-state index contributed by atoms with van der Waals surface area (Å²) in [5.41, 5.74) is 4.34. The largest absolute Gasteiger partial charge is 0.356 e. The molecule has 1 fully saturated rings. The summed E-state index contributed by atoms with van der Waals surface area (Å²) in [6.07, 6.45) is 0.569. The van der Waals surface area contributed by atoms with Crippen LogP contribution in [-0.2, 0) is 22.6 Å². The topological polar surface area (TPSA) is 56.4 Å². The summed E-state index contributed by atoms with van der Waals surface area (Å²) < 4.78 is 0. The van der Waals surface area contributed by atoms with Gasteiger partial charge in [0.15, 0.2) is 0 Å². The molecule has 2 amide bonds. The van der Waals surface area contributed by atoms with Crippen LogP contribution in [0.4, 0.5) is 0 Å². The number of aromatic amines is 1. The third-order valence-corrected chi connectivity index (χ3v) is 5.84. The minimum Gasteiger partial charge on any atom is -0.356 e. The maximum absolute atomic E-state index is 13.2. The van der Waals surface area contributed by atoms with Crippen LogP contribution in [0.5, 0.6) is 0 Å². The van der Waals surface area contributed by atoms with Gasteiger partial charge in [0.2, 0.25) is 11.8 Å². The molecule has 136 valence electrons. The van der Waals surface area contributed by atoms with Crippen molar-refractivity contribution in [2.24, 2.45) is 0 Å². The molecule has 1 saturated heterocycles. The number of aromatic nitrogens is 1. The van der Waals surface area contributed by atoms with Gasteiger partial charge in [-0.3, -0.25) is 9.59 Å². The van der Waals surface area contributed by atoms with E-state index in [1.807, 2.05) is 55.5 Å². The number of amides is 2. The number of hydrogen-bond acceptors (Lipinski definition) is 2. The fourth-order valence-electron chi connectivity index (χ4n) is 4.57. The van der Waals surface area contributed by atoms with Gasteiger partial charge in [-0.25, -0.2) is 0 Å². The Kier molecular flexibility index (Phi) is 3.57. The van der Waals surface area contributed by atoms with E-state index >= 15 is 0 Å². The molecule has 0 radical (unpaired) electrons. The lowest BCUT2D eigenvalue weighted by Gasteiger charge is -2.46. The molecule has 3 heterocycles. The van der Waals surface area contributed by atoms with Gasteiger partial charge in [-0.05, 0) is 24.1 Å². The lowest BCUT2D eigenvalue weighted by Crippen LogP contribution is -2.62. The van der Waals surface area contributed by atoms with Crippen LogP contribution in [0.2, 0.25) is 0 Å². The predicted molar refractivity (Wildman–Crippen MR) is 103 cm³/mol. The van der Waals surface area contributed by atoms with Gasteiger partial charge in [0, 0.05) is 29.6 Å². The van der Waals surface area contributed by atoms with E-state index in [9.17, 15) is 9.59 Å². The summed E-state index contributed by atoms with van der Waals surface area (Å²) in [5.74, 6) is 0.0635. The molecule has 0 unspecified atom stereocenters. The number of nitrogens with zero attached hydrogens (tertiary/aromatic N) is 2. The number of H-pyrrole nitrogens is 1. The Morgan fingerprint density at radius 2 is 1.78 bits per heavy atom. The first-order valence-electron chi connectivity index (χ1n) is 9.37. The van der Waals surface area contributed by atoms with Crippen LogP contribution in [0.15, 0.2) is 54.6 Å². The van der Waals surface area contributed by atoms with Crippen molar-refractivity contribution in [3.05, 3.63) is 71.4 Å². The average molecular weight is 359 g/mol. The summed E-state index contributed by atoms with van der Waals surface area (Å²) in [6.45, 7) is 2.63. The Labute approximate surface area is 157 Å². The van der Waals surface area contributed by atoms with E-state index in [2.05, 4.69) is 11.1 Å². The van der Waals surface area contributed by atoms with Crippen LogP contribution < -0.4 is 0 Å². The first-order valence-corrected chi connectivity index (χ1v) is 9.37. The molecule has 5 heteroatoms. The Bertz CT molecular complexity index is 1040. The average Bonchev–Trinajstić information content (AvgIpc) is 3.06. The summed E-state index contributed by atoms with van der Waals surface area (Å²) >= 11 is 0. The smallest absolute Gasteiger partial charge is 0.246 e. The predicted octanol–water partition coefficient (Wildman–Crippen LogP) is 3.02. The molecule has 2 aliphatic heterocycles. The highest BCUT2D eigenvalue weighted by atomic mass is 16.2. The summed E-state index contributed by atoms with van der Waals surface area (Å²) in [6, 6.07) is 17.5. The number of nitrogens with one attached hydrogen (secondary N) is 1. The zero-order valence-electron chi connectivity index (χ0n) is 15.2. The number of benzene rings is 2. The third kappa shape index (κ3) is 2.46. The highest BCUT2D eigenvalue weighted by Crippen LogP contribution is 2.39. The van der Waals surface area contributed by atoms with Gasteiger partial charge in [-0.15, -0.1) is 0 Å². The fourth-order valence-corrected chi connectivity index (χ4v) is 4.57. The Hall–Kier alpha value is -3.08. The van der Waals surface area contributed by atoms with Crippen LogP contribution >= 0.6 is 0 Å². The zero-order valence-corrected chi connectivity index (χ0v) is 15.2. The van der Waals surface area contributed by atoms with E-state index in [4.69, 9.17) is 0 Å². The highest BCUT2D eigenvalue weighted by molar-refractivity contribution is 5.97. The lowest BCUT2D eigenvalue weighted by atomic mass is 9.90. The van der Waals surface area contributed by atoms with E-state index in [1.54, 1.807) is 9.80 Å². The Morgan fingerprint density at radius 1 is 1.04 bits per heavy atom. The Morgan fingerprint density at radius 3 is 2.59 bits per heavy atom. The van der Waals surface area contributed by atoms with Crippen molar-refractivity contribution < 1.29 is 9.59 Å². The van der Waals surface area contributed by atoms with Crippen molar-refractivity contribution in [1.82, 2.24) is 14.8 Å². The Balaban J connectivity index is 1.52. The van der Waals surface area contributed by atoms with Gasteiger partial charge in [0.1, 0.15) is 12.6 Å². The van der Waals surface area contributed by atoms with Gasteiger partial charge in [0.05, 0.1) is 6.04 Å². The number of hydrogen-bond donors (Lipinski definition) is 1. The van der Waals surface area contributed by atoms with E-state index in [-0.39, 0.29) is 24.4 Å². The van der Waals surface area contributed by atoms with Crippen molar-refractivity contribution in [3.8, 4) is 0 Å². The van der Waals surface area contributed by atoms with Crippen LogP contribution in [0.3, 0.4) is 0 Å². The molecule has 0 aliphatic carbocycles. The molecule has 2 atom stereocenters. The van der Waals surface area contributed by atoms with Gasteiger partial charge < -0.3 is 14.8 Å². The third-order valence-electron chi connectivity index (χ3n) is 5.84. The second-order valence-electron chi connectivity index (χ2n) is 7.44. The maximum Gasteiger partial charge on any atom is 0.246 e. The number of rotatable bonds is 2. The lowest BCUT2D eigenvalue weighted by molar-refractivity contribution is -0.159. The SMILES string of the molecule is C[C@@H]1c2[nH]c3ccccc3c2C[C@H]2C(=O)N(Cc3ccccc3)CC(=O)N12. The molecule has 5 rings (SSSR count). The molecule has 1 aromatic heterocycles. The molecular weight excluding hydrogens is 338 g/mol. The number of carbonyl (C=O) groups excluding carboxylic acids is 2. The van der Waals surface area contributed by atoms with Crippen molar-refractivity contribution >= 4 is 22.7 Å². The molecule has 2 aliphatic rings. The van der Waals surface area contributed by atoms with Crippen molar-refractivity contribution in [1.29, 1.82) is 0 Å². The standard InChI is InChI=1S/C22H21N3O2/c1-14-21-17(16-9-5-6-10-18(16)23-21)11-19-22(27)24(13-20(26)25(14)19)12-15-7-3-2-4-8-15/h2-10,14,19,23H,11-13H2,1H3/t14-,19+/m1/s1. The molecule has 2 aromatic carbocycles. The van der Waals surface area contributed by atoms with Gasteiger partial charge in [-0.1, -0.05) is 48.5 Å². The number of piperazine rings is 1. The molecular formula is C22H21N3O2. The second-order valence-corrected chi connectivity index (χ2v) is 7.44. The summed E-state index contributed by atoms with van der Waals surface area (Å²) in [7, 11) is 0. The van der Waals surface area contributed by atoms with E-state index < -0.39 is 6.04 Å². The normalized spacial score (nSPS) is 22.1. The minimum absolute atomic E-state index is 0.0207. The van der Waals surface area contributed by atoms with Crippen molar-refractivity contribution in [2.75, 3.05) is 6.54 Å². The van der Waals surface area contributed by atoms with Gasteiger partial charge in [0.25, 0.3) is 0 Å². The van der Waals surface area contributed by atoms with E-state index in [1.165, 1.54) is 5.56 Å². The molecule has 5 nitrogen and oxygen atoms in total. The molecule has 3 aromatic rings. The molecule has 0 saturated carbocycles. The first kappa shape index (κ1) is 16.1. The van der Waals surface area contributed by atoms with Crippen LogP contribution in [0.25, 0.3) is 10.9 Å². The number of para-hydroxylation sites is 1. The molecule has 0 spiro atoms. The van der Waals surface area contributed by atoms with E-state index in [0.717, 1.165) is 22.2 Å². The number of fused-ring (bicyclic) bond motifs is 4. The molecule has 0 bridgehead atoms. The fraction of sp³-hybridized carbons (Fsp3) is 0.273. The monoisotopic (exact) mass is 359 g/mol. The second kappa shape index (κ2) is 5.98. The minimum atomic E-state index is -0.420.